The molecule has 0 bridgehead atoms. The predicted molar refractivity (Wildman–Crippen MR) is 93.2 cm³/mol. The maximum absolute atomic E-state index is 12.1. The van der Waals surface area contributed by atoms with Crippen LogP contribution in [0.5, 0.6) is 11.5 Å². The summed E-state index contributed by atoms with van der Waals surface area (Å²) in [5.41, 5.74) is 6.23. The number of amides is 2. The highest BCUT2D eigenvalue weighted by Gasteiger charge is 2.18. The molecule has 0 saturated carbocycles. The number of benzene rings is 1. The number of hydrogen-bond donors (Lipinski definition) is 3. The Balaban J connectivity index is 2.70. The second-order valence-electron chi connectivity index (χ2n) is 5.56. The minimum absolute atomic E-state index is 0.000456. The predicted octanol–water partition coefficient (Wildman–Crippen LogP) is 1.52. The minimum Gasteiger partial charge on any atom is -0.494 e. The Labute approximate surface area is 142 Å². The Hall–Kier alpha value is -2.28. The van der Waals surface area contributed by atoms with Gasteiger partial charge in [-0.1, -0.05) is 13.8 Å². The molecule has 0 aromatic heterocycles. The second-order valence-corrected chi connectivity index (χ2v) is 5.56. The van der Waals surface area contributed by atoms with Crippen molar-refractivity contribution in [2.75, 3.05) is 25.1 Å². The molecule has 134 valence electrons. The van der Waals surface area contributed by atoms with Crippen molar-refractivity contribution in [2.24, 2.45) is 11.7 Å². The van der Waals surface area contributed by atoms with Gasteiger partial charge in [0.1, 0.15) is 11.5 Å². The molecule has 0 radical (unpaired) electrons. The molecule has 1 aromatic carbocycles. The van der Waals surface area contributed by atoms with E-state index >= 15 is 0 Å². The Morgan fingerprint density at radius 3 is 2.42 bits per heavy atom. The van der Waals surface area contributed by atoms with Gasteiger partial charge in [-0.3, -0.25) is 9.59 Å². The van der Waals surface area contributed by atoms with Crippen molar-refractivity contribution in [3.63, 3.8) is 0 Å². The molecule has 7 heteroatoms. The summed E-state index contributed by atoms with van der Waals surface area (Å²) >= 11 is 0. The second kappa shape index (κ2) is 9.77. The van der Waals surface area contributed by atoms with Gasteiger partial charge in [0.05, 0.1) is 31.5 Å². The maximum atomic E-state index is 12.1. The number of carbonyl (C=O) groups excluding carboxylic acids is 2. The first-order valence-corrected chi connectivity index (χ1v) is 8.11. The molecule has 0 aliphatic carbocycles. The Bertz CT molecular complexity index is 561. The van der Waals surface area contributed by atoms with E-state index in [2.05, 4.69) is 10.6 Å². The maximum Gasteiger partial charge on any atom is 0.243 e. The number of anilines is 1. The van der Waals surface area contributed by atoms with Crippen molar-refractivity contribution in [2.45, 2.75) is 33.7 Å². The highest BCUT2D eigenvalue weighted by Crippen LogP contribution is 2.29. The molecule has 2 amide bonds. The van der Waals surface area contributed by atoms with Crippen LogP contribution in [-0.2, 0) is 9.59 Å². The van der Waals surface area contributed by atoms with Crippen LogP contribution in [0.3, 0.4) is 0 Å². The number of ether oxygens (including phenoxy) is 2. The van der Waals surface area contributed by atoms with E-state index in [9.17, 15) is 9.59 Å². The topological polar surface area (TPSA) is 103 Å². The summed E-state index contributed by atoms with van der Waals surface area (Å²) in [6.07, 6.45) is 0. The zero-order valence-corrected chi connectivity index (χ0v) is 14.7. The number of nitrogens with two attached hydrogens (primary N) is 1. The van der Waals surface area contributed by atoms with Gasteiger partial charge < -0.3 is 25.8 Å². The zero-order valence-electron chi connectivity index (χ0n) is 14.7. The first kappa shape index (κ1) is 19.8. The summed E-state index contributed by atoms with van der Waals surface area (Å²) in [5.74, 6) is 0.448. The first-order chi connectivity index (χ1) is 11.4. The largest absolute Gasteiger partial charge is 0.494 e. The van der Waals surface area contributed by atoms with Crippen molar-refractivity contribution in [1.82, 2.24) is 5.32 Å². The highest BCUT2D eigenvalue weighted by molar-refractivity contribution is 5.96. The van der Waals surface area contributed by atoms with Crippen LogP contribution in [-0.4, -0.2) is 37.6 Å². The number of carbonyl (C=O) groups is 2. The first-order valence-electron chi connectivity index (χ1n) is 8.11. The summed E-state index contributed by atoms with van der Waals surface area (Å²) < 4.78 is 10.9. The molecule has 1 atom stereocenters. The minimum atomic E-state index is -0.641. The van der Waals surface area contributed by atoms with Crippen molar-refractivity contribution < 1.29 is 19.1 Å². The molecule has 0 spiro atoms. The standard InChI is InChI=1S/C17H27N3O4/c1-5-23-12-7-8-14(24-6-2)13(9-12)20-15(21)10-19-17(22)16(18)11(3)4/h7-9,11,16H,5-6,10,18H2,1-4H3,(H,19,22)(H,20,21)/t16-/m0/s1. The molecule has 0 aliphatic rings. The molecule has 0 saturated heterocycles. The van der Waals surface area contributed by atoms with Gasteiger partial charge in [-0.2, -0.15) is 0 Å². The molecular formula is C17H27N3O4. The van der Waals surface area contributed by atoms with E-state index in [1.54, 1.807) is 18.2 Å². The normalized spacial score (nSPS) is 11.8. The number of rotatable bonds is 9. The van der Waals surface area contributed by atoms with E-state index < -0.39 is 6.04 Å². The summed E-state index contributed by atoms with van der Waals surface area (Å²) in [5, 5.41) is 5.25. The third-order valence-corrected chi connectivity index (χ3v) is 3.28. The van der Waals surface area contributed by atoms with E-state index in [1.165, 1.54) is 0 Å². The lowest BCUT2D eigenvalue weighted by Gasteiger charge is -2.16. The Kier molecular flexibility index (Phi) is 8.05. The average molecular weight is 337 g/mol. The van der Waals surface area contributed by atoms with Crippen LogP contribution in [0.15, 0.2) is 18.2 Å². The van der Waals surface area contributed by atoms with Crippen LogP contribution in [0.2, 0.25) is 0 Å². The fourth-order valence-corrected chi connectivity index (χ4v) is 1.93. The van der Waals surface area contributed by atoms with E-state index in [-0.39, 0.29) is 24.3 Å². The molecule has 7 nitrogen and oxygen atoms in total. The number of nitrogens with one attached hydrogen (secondary N) is 2. The molecule has 0 fully saturated rings. The monoisotopic (exact) mass is 337 g/mol. The van der Waals surface area contributed by atoms with Crippen LogP contribution >= 0.6 is 0 Å². The molecule has 4 N–H and O–H groups in total. The number of hydrogen-bond acceptors (Lipinski definition) is 5. The van der Waals surface area contributed by atoms with Gasteiger partial charge >= 0.3 is 0 Å². The van der Waals surface area contributed by atoms with Crippen molar-refractivity contribution >= 4 is 17.5 Å². The van der Waals surface area contributed by atoms with Gasteiger partial charge in [0.2, 0.25) is 11.8 Å². The fraction of sp³-hybridized carbons (Fsp3) is 0.529. The van der Waals surface area contributed by atoms with Crippen LogP contribution in [0.25, 0.3) is 0 Å². The Morgan fingerprint density at radius 2 is 1.83 bits per heavy atom. The van der Waals surface area contributed by atoms with E-state index in [0.717, 1.165) is 0 Å². The highest BCUT2D eigenvalue weighted by atomic mass is 16.5. The van der Waals surface area contributed by atoms with Crippen LogP contribution in [0.1, 0.15) is 27.7 Å². The third kappa shape index (κ3) is 6.08. The lowest BCUT2D eigenvalue weighted by Crippen LogP contribution is -2.46. The van der Waals surface area contributed by atoms with Crippen molar-refractivity contribution in [3.05, 3.63) is 18.2 Å². The summed E-state index contributed by atoms with van der Waals surface area (Å²) in [7, 11) is 0. The van der Waals surface area contributed by atoms with Gasteiger partial charge in [0.15, 0.2) is 0 Å². The third-order valence-electron chi connectivity index (χ3n) is 3.28. The van der Waals surface area contributed by atoms with Gasteiger partial charge in [0, 0.05) is 6.07 Å². The fourth-order valence-electron chi connectivity index (χ4n) is 1.93. The van der Waals surface area contributed by atoms with Crippen LogP contribution in [0.4, 0.5) is 5.69 Å². The molecule has 1 rings (SSSR count). The quantitative estimate of drug-likeness (QED) is 0.634. The lowest BCUT2D eigenvalue weighted by atomic mass is 10.1. The molecule has 24 heavy (non-hydrogen) atoms. The lowest BCUT2D eigenvalue weighted by molar-refractivity contribution is -0.125. The molecule has 0 unspecified atom stereocenters. The molecule has 0 heterocycles. The van der Waals surface area contributed by atoms with E-state index in [4.69, 9.17) is 15.2 Å². The smallest absolute Gasteiger partial charge is 0.243 e. The van der Waals surface area contributed by atoms with Crippen LogP contribution in [0, 0.1) is 5.92 Å². The summed E-state index contributed by atoms with van der Waals surface area (Å²) in [4.78, 5) is 23.9. The van der Waals surface area contributed by atoms with E-state index in [1.807, 2.05) is 27.7 Å². The van der Waals surface area contributed by atoms with Crippen molar-refractivity contribution in [1.29, 1.82) is 0 Å². The summed E-state index contributed by atoms with van der Waals surface area (Å²) in [6.45, 7) is 8.25. The van der Waals surface area contributed by atoms with Gasteiger partial charge in [-0.25, -0.2) is 0 Å². The summed E-state index contributed by atoms with van der Waals surface area (Å²) in [6, 6.07) is 4.55. The van der Waals surface area contributed by atoms with Gasteiger partial charge in [-0.15, -0.1) is 0 Å². The van der Waals surface area contributed by atoms with Gasteiger partial charge in [-0.05, 0) is 31.9 Å². The molecular weight excluding hydrogens is 310 g/mol. The zero-order chi connectivity index (χ0) is 18.1. The Morgan fingerprint density at radius 1 is 1.17 bits per heavy atom. The molecule has 1 aromatic rings. The van der Waals surface area contributed by atoms with E-state index in [0.29, 0.717) is 30.4 Å². The van der Waals surface area contributed by atoms with Crippen LogP contribution < -0.4 is 25.8 Å². The average Bonchev–Trinajstić information content (AvgIpc) is 2.54. The van der Waals surface area contributed by atoms with Crippen molar-refractivity contribution in [3.8, 4) is 11.5 Å². The molecule has 0 aliphatic heterocycles. The van der Waals surface area contributed by atoms with Gasteiger partial charge in [0.25, 0.3) is 0 Å². The SMILES string of the molecule is CCOc1ccc(OCC)c(NC(=O)CNC(=O)[C@@H](N)C(C)C)c1.